The Morgan fingerprint density at radius 2 is 2.27 bits per heavy atom. The lowest BCUT2D eigenvalue weighted by molar-refractivity contribution is 0.153. The summed E-state index contributed by atoms with van der Waals surface area (Å²) in [6.45, 7) is -0.963. The van der Waals surface area contributed by atoms with Gasteiger partial charge in [0.25, 0.3) is 16.4 Å². The van der Waals surface area contributed by atoms with E-state index in [0.717, 1.165) is 0 Å². The molecule has 0 unspecified atom stereocenters. The number of nitrogens with zero attached hydrogens (tertiary/aromatic N) is 2. The first-order chi connectivity index (χ1) is 6.84. The number of rotatable bonds is 4. The lowest BCUT2D eigenvalue weighted by Gasteiger charge is -2.03. The predicted octanol–water partition coefficient (Wildman–Crippen LogP) is 0.617. The fourth-order valence-electron chi connectivity index (χ4n) is 0.815. The van der Waals surface area contributed by atoms with Crippen LogP contribution < -0.4 is 4.72 Å². The first-order valence-corrected chi connectivity index (χ1v) is 5.65. The number of halogens is 3. The van der Waals surface area contributed by atoms with E-state index in [4.69, 9.17) is 11.6 Å². The Morgan fingerprint density at radius 1 is 1.67 bits per heavy atom. The lowest BCUT2D eigenvalue weighted by Crippen LogP contribution is -2.29. The summed E-state index contributed by atoms with van der Waals surface area (Å²) < 4.78 is 49.3. The maximum Gasteiger partial charge on any atom is 0.261 e. The van der Waals surface area contributed by atoms with E-state index in [1.807, 2.05) is 0 Å². The van der Waals surface area contributed by atoms with E-state index in [2.05, 4.69) is 4.98 Å². The van der Waals surface area contributed by atoms with Crippen molar-refractivity contribution >= 4 is 21.6 Å². The molecule has 0 aliphatic carbocycles. The molecule has 1 aromatic heterocycles. The average molecular weight is 260 g/mol. The standard InChI is InChI=1S/C6H8ClF2N3O2S/c1-12-3-10-6(5(12)7)15(13,14)11-2-4(8)9/h3-4,11H,2H2,1H3. The Kier molecular flexibility index (Phi) is 3.63. The van der Waals surface area contributed by atoms with Crippen molar-refractivity contribution in [3.05, 3.63) is 11.5 Å². The molecule has 1 N–H and O–H groups in total. The molecule has 1 heterocycles. The van der Waals surface area contributed by atoms with Gasteiger partial charge in [0.1, 0.15) is 5.15 Å². The molecule has 0 amide bonds. The Labute approximate surface area is 90.1 Å². The van der Waals surface area contributed by atoms with Gasteiger partial charge in [-0.2, -0.15) is 0 Å². The third-order valence-corrected chi connectivity index (χ3v) is 3.43. The molecule has 9 heteroatoms. The van der Waals surface area contributed by atoms with Gasteiger partial charge in [-0.25, -0.2) is 26.9 Å². The van der Waals surface area contributed by atoms with E-state index in [1.165, 1.54) is 17.9 Å². The SMILES string of the molecule is Cn1cnc(S(=O)(=O)NCC(F)F)c1Cl. The zero-order valence-electron chi connectivity index (χ0n) is 7.61. The molecule has 1 rings (SSSR count). The van der Waals surface area contributed by atoms with Crippen LogP contribution in [0.4, 0.5) is 8.78 Å². The minimum atomic E-state index is -4.06. The Hall–Kier alpha value is -0.730. The molecule has 0 radical (unpaired) electrons. The smallest absolute Gasteiger partial charge is 0.261 e. The molecule has 86 valence electrons. The Morgan fingerprint density at radius 3 is 2.67 bits per heavy atom. The van der Waals surface area contributed by atoms with Crippen LogP contribution in [0, 0.1) is 0 Å². The van der Waals surface area contributed by atoms with Gasteiger partial charge in [0.2, 0.25) is 5.03 Å². The zero-order chi connectivity index (χ0) is 11.6. The van der Waals surface area contributed by atoms with Crippen LogP contribution in [0.3, 0.4) is 0 Å². The van der Waals surface area contributed by atoms with Gasteiger partial charge >= 0.3 is 0 Å². The van der Waals surface area contributed by atoms with Crippen LogP contribution in [-0.4, -0.2) is 30.9 Å². The highest BCUT2D eigenvalue weighted by Crippen LogP contribution is 2.18. The van der Waals surface area contributed by atoms with Crippen LogP contribution in [-0.2, 0) is 17.1 Å². The largest absolute Gasteiger partial charge is 0.324 e. The highest BCUT2D eigenvalue weighted by atomic mass is 35.5. The van der Waals surface area contributed by atoms with Crippen molar-refractivity contribution in [3.8, 4) is 0 Å². The quantitative estimate of drug-likeness (QED) is 0.862. The van der Waals surface area contributed by atoms with Gasteiger partial charge < -0.3 is 4.57 Å². The first-order valence-electron chi connectivity index (χ1n) is 3.79. The van der Waals surface area contributed by atoms with Gasteiger partial charge in [-0.3, -0.25) is 0 Å². The lowest BCUT2D eigenvalue weighted by atomic mass is 10.7. The molecule has 5 nitrogen and oxygen atoms in total. The number of nitrogens with one attached hydrogen (secondary N) is 1. The number of hydrogen-bond donors (Lipinski definition) is 1. The Bertz CT molecular complexity index is 445. The third kappa shape index (κ3) is 2.86. The number of alkyl halides is 2. The van der Waals surface area contributed by atoms with Gasteiger partial charge in [0.05, 0.1) is 12.9 Å². The number of hydrogen-bond acceptors (Lipinski definition) is 3. The highest BCUT2D eigenvalue weighted by molar-refractivity contribution is 7.89. The minimum absolute atomic E-state index is 0.128. The van der Waals surface area contributed by atoms with Gasteiger partial charge in [-0.05, 0) is 0 Å². The molecule has 0 atom stereocenters. The summed E-state index contributed by atoms with van der Waals surface area (Å²) in [6, 6.07) is 0. The monoisotopic (exact) mass is 259 g/mol. The van der Waals surface area contributed by atoms with Crippen LogP contribution in [0.5, 0.6) is 0 Å². The molecular formula is C6H8ClF2N3O2S. The molecule has 0 fully saturated rings. The van der Waals surface area contributed by atoms with Crippen molar-refractivity contribution in [1.82, 2.24) is 14.3 Å². The van der Waals surface area contributed by atoms with Crippen LogP contribution in [0.1, 0.15) is 0 Å². The van der Waals surface area contributed by atoms with Crippen LogP contribution in [0.2, 0.25) is 5.15 Å². The summed E-state index contributed by atoms with van der Waals surface area (Å²) in [5, 5.41) is -0.580. The van der Waals surface area contributed by atoms with E-state index in [9.17, 15) is 17.2 Å². The molecule has 0 saturated carbocycles. The topological polar surface area (TPSA) is 64.0 Å². The first kappa shape index (κ1) is 12.3. The fraction of sp³-hybridized carbons (Fsp3) is 0.500. The molecular weight excluding hydrogens is 252 g/mol. The summed E-state index contributed by atoms with van der Waals surface area (Å²) >= 11 is 5.60. The van der Waals surface area contributed by atoms with Crippen molar-refractivity contribution in [3.63, 3.8) is 0 Å². The molecule has 1 aromatic rings. The minimum Gasteiger partial charge on any atom is -0.324 e. The van der Waals surface area contributed by atoms with Gasteiger partial charge in [-0.15, -0.1) is 0 Å². The Balaban J connectivity index is 2.92. The van der Waals surface area contributed by atoms with Gasteiger partial charge in [0, 0.05) is 7.05 Å². The maximum absolute atomic E-state index is 11.8. The van der Waals surface area contributed by atoms with Gasteiger partial charge in [-0.1, -0.05) is 11.6 Å². The van der Waals surface area contributed by atoms with E-state index in [1.54, 1.807) is 4.72 Å². The van der Waals surface area contributed by atoms with Crippen molar-refractivity contribution in [2.24, 2.45) is 7.05 Å². The van der Waals surface area contributed by atoms with E-state index < -0.39 is 28.0 Å². The summed E-state index contributed by atoms with van der Waals surface area (Å²) in [5.41, 5.74) is 0. The van der Waals surface area contributed by atoms with E-state index in [0.29, 0.717) is 0 Å². The van der Waals surface area contributed by atoms with Crippen LogP contribution in [0.25, 0.3) is 0 Å². The summed E-state index contributed by atoms with van der Waals surface area (Å²) in [5.74, 6) is 0. The maximum atomic E-state index is 11.8. The summed E-state index contributed by atoms with van der Waals surface area (Å²) in [6.07, 6.45) is -1.58. The third-order valence-electron chi connectivity index (χ3n) is 1.52. The summed E-state index contributed by atoms with van der Waals surface area (Å²) in [4.78, 5) is 3.50. The molecule has 0 aliphatic rings. The van der Waals surface area contributed by atoms with E-state index >= 15 is 0 Å². The van der Waals surface area contributed by atoms with Gasteiger partial charge in [0.15, 0.2) is 0 Å². The molecule has 0 aliphatic heterocycles. The molecule has 0 spiro atoms. The van der Waals surface area contributed by atoms with Crippen molar-refractivity contribution in [1.29, 1.82) is 0 Å². The number of aryl methyl sites for hydroxylation is 1. The molecule has 0 bridgehead atoms. The summed E-state index contributed by atoms with van der Waals surface area (Å²) in [7, 11) is -2.57. The molecule has 15 heavy (non-hydrogen) atoms. The number of sulfonamides is 1. The highest BCUT2D eigenvalue weighted by Gasteiger charge is 2.23. The number of imidazole rings is 1. The van der Waals surface area contributed by atoms with Crippen LogP contribution in [0.15, 0.2) is 11.4 Å². The average Bonchev–Trinajstić information content (AvgIpc) is 2.45. The predicted molar refractivity (Wildman–Crippen MR) is 49.4 cm³/mol. The zero-order valence-corrected chi connectivity index (χ0v) is 9.19. The molecule has 0 saturated heterocycles. The second-order valence-electron chi connectivity index (χ2n) is 2.69. The fourth-order valence-corrected chi connectivity index (χ4v) is 2.25. The second kappa shape index (κ2) is 4.42. The number of aromatic nitrogens is 2. The normalized spacial score (nSPS) is 12.3. The van der Waals surface area contributed by atoms with E-state index in [-0.39, 0.29) is 5.15 Å². The van der Waals surface area contributed by atoms with Crippen molar-refractivity contribution in [2.45, 2.75) is 11.5 Å². The second-order valence-corrected chi connectivity index (χ2v) is 4.73. The van der Waals surface area contributed by atoms with Crippen molar-refractivity contribution < 1.29 is 17.2 Å². The molecule has 0 aromatic carbocycles. The van der Waals surface area contributed by atoms with Crippen molar-refractivity contribution in [2.75, 3.05) is 6.54 Å². The van der Waals surface area contributed by atoms with Crippen LogP contribution >= 0.6 is 11.6 Å².